The summed E-state index contributed by atoms with van der Waals surface area (Å²) in [6.45, 7) is 0. The Kier molecular flexibility index (Phi) is 3.97. The molecule has 0 spiro atoms. The Morgan fingerprint density at radius 1 is 1.28 bits per heavy atom. The average Bonchev–Trinajstić information content (AvgIpc) is 3.03. The Labute approximate surface area is 125 Å². The fraction of sp³-hybridized carbons (Fsp3) is 0.500. The molecule has 0 atom stereocenters. The predicted octanol–water partition coefficient (Wildman–Crippen LogP) is 5.34. The minimum absolute atomic E-state index is 0.516. The smallest absolute Gasteiger partial charge is 0.151 e. The topological polar surface area (TPSA) is 12.9 Å². The second-order valence-corrected chi connectivity index (χ2v) is 7.89. The molecule has 0 amide bonds. The van der Waals surface area contributed by atoms with E-state index in [0.29, 0.717) is 5.41 Å². The Balaban J connectivity index is 1.72. The molecule has 1 aromatic carbocycles. The van der Waals surface area contributed by atoms with Crippen LogP contribution in [0, 0.1) is 5.41 Å². The van der Waals surface area contributed by atoms with E-state index in [1.807, 2.05) is 23.1 Å². The van der Waals surface area contributed by atoms with Crippen LogP contribution in [-0.4, -0.2) is 16.1 Å². The molecule has 1 aliphatic rings. The Morgan fingerprint density at radius 3 is 2.78 bits per heavy atom. The molecule has 1 saturated carbocycles. The van der Waals surface area contributed by atoms with Gasteiger partial charge in [0, 0.05) is 11.1 Å². The van der Waals surface area contributed by atoms with Gasteiger partial charge < -0.3 is 0 Å². The number of nitrogens with zero attached hydrogens (tertiary/aromatic N) is 1. The SMILES string of the molecule is BrCC1(CSc2nc3ccccc3s2)CCCC1. The minimum atomic E-state index is 0.516. The number of para-hydroxylation sites is 1. The third-order valence-corrected chi connectivity index (χ3v) is 7.44. The first-order valence-electron chi connectivity index (χ1n) is 6.36. The van der Waals surface area contributed by atoms with E-state index in [4.69, 9.17) is 4.98 Å². The van der Waals surface area contributed by atoms with Crippen LogP contribution in [0.5, 0.6) is 0 Å². The van der Waals surface area contributed by atoms with Crippen molar-refractivity contribution in [1.29, 1.82) is 0 Å². The van der Waals surface area contributed by atoms with Gasteiger partial charge in [-0.3, -0.25) is 0 Å². The zero-order valence-electron chi connectivity index (χ0n) is 10.2. The maximum absolute atomic E-state index is 4.71. The van der Waals surface area contributed by atoms with Crippen LogP contribution in [0.15, 0.2) is 28.6 Å². The highest BCUT2D eigenvalue weighted by molar-refractivity contribution is 9.09. The quantitative estimate of drug-likeness (QED) is 0.549. The van der Waals surface area contributed by atoms with E-state index in [9.17, 15) is 0 Å². The van der Waals surface area contributed by atoms with Crippen LogP contribution >= 0.6 is 39.0 Å². The van der Waals surface area contributed by atoms with E-state index in [2.05, 4.69) is 40.2 Å². The van der Waals surface area contributed by atoms with E-state index in [1.54, 1.807) is 0 Å². The van der Waals surface area contributed by atoms with Gasteiger partial charge in [0.15, 0.2) is 4.34 Å². The summed E-state index contributed by atoms with van der Waals surface area (Å²) < 4.78 is 2.53. The summed E-state index contributed by atoms with van der Waals surface area (Å²) in [4.78, 5) is 4.71. The van der Waals surface area contributed by atoms with Crippen molar-refractivity contribution in [3.8, 4) is 0 Å². The molecule has 1 aliphatic carbocycles. The molecule has 4 heteroatoms. The second kappa shape index (κ2) is 5.51. The number of alkyl halides is 1. The lowest BCUT2D eigenvalue weighted by molar-refractivity contribution is 0.405. The maximum atomic E-state index is 4.71. The van der Waals surface area contributed by atoms with Crippen LogP contribution in [0.25, 0.3) is 10.2 Å². The van der Waals surface area contributed by atoms with Crippen molar-refractivity contribution in [2.75, 3.05) is 11.1 Å². The Hall–Kier alpha value is -0.0600. The lowest BCUT2D eigenvalue weighted by atomic mass is 9.92. The number of hydrogen-bond donors (Lipinski definition) is 0. The predicted molar refractivity (Wildman–Crippen MR) is 85.0 cm³/mol. The molecule has 0 saturated heterocycles. The minimum Gasteiger partial charge on any atom is -0.230 e. The van der Waals surface area contributed by atoms with E-state index < -0.39 is 0 Å². The number of hydrogen-bond acceptors (Lipinski definition) is 3. The highest BCUT2D eigenvalue weighted by Crippen LogP contribution is 2.44. The third-order valence-electron chi connectivity index (χ3n) is 3.72. The van der Waals surface area contributed by atoms with Crippen molar-refractivity contribution in [3.63, 3.8) is 0 Å². The fourth-order valence-electron chi connectivity index (χ4n) is 2.57. The molecule has 1 aromatic heterocycles. The van der Waals surface area contributed by atoms with Gasteiger partial charge >= 0.3 is 0 Å². The monoisotopic (exact) mass is 341 g/mol. The van der Waals surface area contributed by atoms with Gasteiger partial charge in [-0.1, -0.05) is 52.7 Å². The summed E-state index contributed by atoms with van der Waals surface area (Å²) >= 11 is 7.48. The first kappa shape index (κ1) is 12.9. The summed E-state index contributed by atoms with van der Waals surface area (Å²) in [6.07, 6.45) is 5.53. The summed E-state index contributed by atoms with van der Waals surface area (Å²) in [5.74, 6) is 1.21. The van der Waals surface area contributed by atoms with Crippen LogP contribution in [0.2, 0.25) is 0 Å². The van der Waals surface area contributed by atoms with E-state index in [0.717, 1.165) is 10.8 Å². The van der Waals surface area contributed by atoms with Crippen molar-refractivity contribution < 1.29 is 0 Å². The molecule has 1 fully saturated rings. The summed E-state index contributed by atoms with van der Waals surface area (Å²) in [6, 6.07) is 8.41. The molecule has 0 N–H and O–H groups in total. The van der Waals surface area contributed by atoms with E-state index in [-0.39, 0.29) is 0 Å². The zero-order valence-corrected chi connectivity index (χ0v) is 13.4. The number of thiazole rings is 1. The molecule has 18 heavy (non-hydrogen) atoms. The maximum Gasteiger partial charge on any atom is 0.151 e. The van der Waals surface area contributed by atoms with Crippen LogP contribution in [0.4, 0.5) is 0 Å². The van der Waals surface area contributed by atoms with Gasteiger partial charge in [-0.2, -0.15) is 0 Å². The first-order chi connectivity index (χ1) is 8.81. The Morgan fingerprint density at radius 2 is 2.06 bits per heavy atom. The molecule has 0 bridgehead atoms. The molecule has 1 heterocycles. The zero-order chi connectivity index (χ0) is 12.4. The molecular weight excluding hydrogens is 326 g/mol. The molecule has 0 aliphatic heterocycles. The van der Waals surface area contributed by atoms with Crippen LogP contribution < -0.4 is 0 Å². The molecule has 96 valence electrons. The molecular formula is C14H16BrNS2. The van der Waals surface area contributed by atoms with Crippen molar-refractivity contribution in [1.82, 2.24) is 4.98 Å². The average molecular weight is 342 g/mol. The summed E-state index contributed by atoms with van der Waals surface area (Å²) in [5.41, 5.74) is 1.66. The molecule has 0 radical (unpaired) electrons. The number of benzene rings is 1. The standard InChI is InChI=1S/C14H16BrNS2/c15-9-14(7-3-4-8-14)10-17-13-16-11-5-1-2-6-12(11)18-13/h1-2,5-6H,3-4,7-10H2. The van der Waals surface area contributed by atoms with Crippen LogP contribution in [0.1, 0.15) is 25.7 Å². The fourth-order valence-corrected chi connectivity index (χ4v) is 5.95. The second-order valence-electron chi connectivity index (χ2n) is 5.08. The van der Waals surface area contributed by atoms with E-state index in [1.165, 1.54) is 40.5 Å². The third kappa shape index (κ3) is 2.61. The highest BCUT2D eigenvalue weighted by atomic mass is 79.9. The molecule has 3 rings (SSSR count). The lowest BCUT2D eigenvalue weighted by Crippen LogP contribution is -2.21. The largest absolute Gasteiger partial charge is 0.230 e. The van der Waals surface area contributed by atoms with Crippen molar-refractivity contribution >= 4 is 49.2 Å². The van der Waals surface area contributed by atoms with Crippen LogP contribution in [-0.2, 0) is 0 Å². The molecule has 0 unspecified atom stereocenters. The van der Waals surface area contributed by atoms with Gasteiger partial charge in [0.05, 0.1) is 10.2 Å². The van der Waals surface area contributed by atoms with Gasteiger partial charge in [-0.25, -0.2) is 4.98 Å². The van der Waals surface area contributed by atoms with E-state index >= 15 is 0 Å². The molecule has 2 aromatic rings. The normalized spacial score (nSPS) is 18.5. The summed E-state index contributed by atoms with van der Waals surface area (Å²) in [7, 11) is 0. The number of rotatable bonds is 4. The number of halogens is 1. The van der Waals surface area contributed by atoms with Crippen molar-refractivity contribution in [2.24, 2.45) is 5.41 Å². The number of fused-ring (bicyclic) bond motifs is 1. The number of thioether (sulfide) groups is 1. The molecule has 1 nitrogen and oxygen atoms in total. The van der Waals surface area contributed by atoms with Crippen LogP contribution in [0.3, 0.4) is 0 Å². The Bertz CT molecular complexity index is 498. The van der Waals surface area contributed by atoms with Gasteiger partial charge in [-0.05, 0) is 30.4 Å². The highest BCUT2D eigenvalue weighted by Gasteiger charge is 2.32. The van der Waals surface area contributed by atoms with Crippen molar-refractivity contribution in [3.05, 3.63) is 24.3 Å². The van der Waals surface area contributed by atoms with Gasteiger partial charge in [-0.15, -0.1) is 11.3 Å². The van der Waals surface area contributed by atoms with Gasteiger partial charge in [0.1, 0.15) is 0 Å². The van der Waals surface area contributed by atoms with Gasteiger partial charge in [0.25, 0.3) is 0 Å². The van der Waals surface area contributed by atoms with Crippen molar-refractivity contribution in [2.45, 2.75) is 30.0 Å². The summed E-state index contributed by atoms with van der Waals surface area (Å²) in [5, 5.41) is 1.14. The number of aromatic nitrogens is 1. The lowest BCUT2D eigenvalue weighted by Gasteiger charge is -2.25. The van der Waals surface area contributed by atoms with Gasteiger partial charge in [0.2, 0.25) is 0 Å². The first-order valence-corrected chi connectivity index (χ1v) is 9.28.